The molecule has 5 atom stereocenters. The maximum atomic E-state index is 10.6. The van der Waals surface area contributed by atoms with Gasteiger partial charge in [-0.05, 0) is 56.9 Å². The SMILES string of the molecule is CCCCCc1cc(O[C@@H]2OC(CO)[C@@H](O)C(O)[C@@H]2O)c2c(c1)OC(C)(C)c1ccc(C)cc1-2. The van der Waals surface area contributed by atoms with Gasteiger partial charge in [0.25, 0.3) is 0 Å². The lowest BCUT2D eigenvalue weighted by atomic mass is 9.84. The summed E-state index contributed by atoms with van der Waals surface area (Å²) in [7, 11) is 0. The van der Waals surface area contributed by atoms with Crippen LogP contribution in [0.3, 0.4) is 0 Å². The predicted molar refractivity (Wildman–Crippen MR) is 128 cm³/mol. The predicted octanol–water partition coefficient (Wildman–Crippen LogP) is 3.20. The van der Waals surface area contributed by atoms with Crippen LogP contribution in [0.4, 0.5) is 0 Å². The van der Waals surface area contributed by atoms with Crippen molar-refractivity contribution >= 4 is 0 Å². The number of unbranched alkanes of at least 4 members (excludes halogenated alkanes) is 2. The Kier molecular flexibility index (Phi) is 7.22. The fourth-order valence-corrected chi connectivity index (χ4v) is 4.82. The maximum Gasteiger partial charge on any atom is 0.229 e. The molecule has 2 aromatic carbocycles. The molecular weight excluding hydrogens is 436 g/mol. The quantitative estimate of drug-likeness (QED) is 0.458. The summed E-state index contributed by atoms with van der Waals surface area (Å²) in [5, 5.41) is 40.5. The first-order chi connectivity index (χ1) is 16.2. The zero-order chi connectivity index (χ0) is 24.6. The highest BCUT2D eigenvalue weighted by molar-refractivity contribution is 5.82. The molecule has 1 fully saturated rings. The summed E-state index contributed by atoms with van der Waals surface area (Å²) in [5.41, 5.74) is 4.34. The molecule has 4 N–H and O–H groups in total. The van der Waals surface area contributed by atoms with Crippen molar-refractivity contribution in [1.29, 1.82) is 0 Å². The Labute approximate surface area is 200 Å². The number of aryl methyl sites for hydroxylation is 2. The Bertz CT molecular complexity index is 1020. The molecule has 4 rings (SSSR count). The van der Waals surface area contributed by atoms with E-state index in [1.807, 2.05) is 32.9 Å². The van der Waals surface area contributed by atoms with E-state index in [4.69, 9.17) is 14.2 Å². The molecule has 2 heterocycles. The molecule has 2 unspecified atom stereocenters. The highest BCUT2D eigenvalue weighted by Crippen LogP contribution is 2.50. The molecule has 34 heavy (non-hydrogen) atoms. The topological polar surface area (TPSA) is 109 Å². The van der Waals surface area contributed by atoms with Crippen LogP contribution in [0.5, 0.6) is 11.5 Å². The normalized spacial score (nSPS) is 27.5. The van der Waals surface area contributed by atoms with Crippen LogP contribution >= 0.6 is 0 Å². The second-order valence-corrected chi connectivity index (χ2v) is 9.90. The standard InChI is InChI=1S/C27H36O7/c1-5-6-7-8-16-12-19(32-26-25(31)24(30)23(29)21(14-28)33-26)22-17-11-15(2)9-10-18(17)27(3,4)34-20(22)13-16/h9-13,21,23-26,28-31H,5-8,14H2,1-4H3/t21?,23-,24?,25+,26-/m1/s1. The number of aliphatic hydroxyl groups is 4. The summed E-state index contributed by atoms with van der Waals surface area (Å²) in [6.45, 7) is 7.74. The van der Waals surface area contributed by atoms with Gasteiger partial charge in [0.05, 0.1) is 12.2 Å². The lowest BCUT2D eigenvalue weighted by Gasteiger charge is -2.40. The van der Waals surface area contributed by atoms with Crippen molar-refractivity contribution in [2.45, 2.75) is 89.7 Å². The molecule has 0 amide bonds. The Balaban J connectivity index is 1.79. The Morgan fingerprint density at radius 1 is 1.00 bits per heavy atom. The van der Waals surface area contributed by atoms with Crippen LogP contribution in [0.25, 0.3) is 11.1 Å². The van der Waals surface area contributed by atoms with Gasteiger partial charge < -0.3 is 34.6 Å². The summed E-state index contributed by atoms with van der Waals surface area (Å²) in [5.74, 6) is 1.16. The van der Waals surface area contributed by atoms with Gasteiger partial charge in [-0.25, -0.2) is 0 Å². The van der Waals surface area contributed by atoms with Gasteiger partial charge >= 0.3 is 0 Å². The van der Waals surface area contributed by atoms with Gasteiger partial charge in [0.2, 0.25) is 6.29 Å². The summed E-state index contributed by atoms with van der Waals surface area (Å²) in [6, 6.07) is 10.2. The van der Waals surface area contributed by atoms with E-state index < -0.39 is 42.9 Å². The Morgan fingerprint density at radius 2 is 1.76 bits per heavy atom. The minimum Gasteiger partial charge on any atom is -0.482 e. The third-order valence-corrected chi connectivity index (χ3v) is 6.74. The molecule has 7 heteroatoms. The van der Waals surface area contributed by atoms with E-state index in [0.29, 0.717) is 11.5 Å². The summed E-state index contributed by atoms with van der Waals surface area (Å²) >= 11 is 0. The first-order valence-electron chi connectivity index (χ1n) is 12.1. The second kappa shape index (κ2) is 9.84. The van der Waals surface area contributed by atoms with Crippen LogP contribution in [-0.4, -0.2) is 57.7 Å². The van der Waals surface area contributed by atoms with Gasteiger partial charge in [0, 0.05) is 5.56 Å². The summed E-state index contributed by atoms with van der Waals surface area (Å²) in [6.07, 6.45) is -2.68. The van der Waals surface area contributed by atoms with Crippen LogP contribution in [0.1, 0.15) is 56.7 Å². The molecule has 0 radical (unpaired) electrons. The molecule has 0 spiro atoms. The number of aliphatic hydroxyl groups excluding tert-OH is 4. The third-order valence-electron chi connectivity index (χ3n) is 6.74. The van der Waals surface area contributed by atoms with Crippen LogP contribution in [-0.2, 0) is 16.8 Å². The van der Waals surface area contributed by atoms with Crippen molar-refractivity contribution in [3.63, 3.8) is 0 Å². The first kappa shape index (κ1) is 24.9. The van der Waals surface area contributed by atoms with E-state index >= 15 is 0 Å². The maximum absolute atomic E-state index is 10.6. The number of rotatable bonds is 7. The van der Waals surface area contributed by atoms with Crippen molar-refractivity contribution in [3.8, 4) is 22.6 Å². The van der Waals surface area contributed by atoms with E-state index in [1.54, 1.807) is 0 Å². The number of fused-ring (bicyclic) bond motifs is 3. The van der Waals surface area contributed by atoms with Crippen molar-refractivity contribution in [1.82, 2.24) is 0 Å². The molecule has 0 saturated carbocycles. The zero-order valence-corrected chi connectivity index (χ0v) is 20.3. The van der Waals surface area contributed by atoms with Gasteiger partial charge in [-0.2, -0.15) is 0 Å². The van der Waals surface area contributed by atoms with Crippen molar-refractivity contribution in [2.75, 3.05) is 6.61 Å². The fourth-order valence-electron chi connectivity index (χ4n) is 4.82. The molecule has 0 aliphatic carbocycles. The number of benzene rings is 2. The second-order valence-electron chi connectivity index (χ2n) is 9.90. The van der Waals surface area contributed by atoms with Crippen molar-refractivity contribution in [2.24, 2.45) is 0 Å². The molecule has 7 nitrogen and oxygen atoms in total. The van der Waals surface area contributed by atoms with Gasteiger partial charge in [-0.15, -0.1) is 0 Å². The van der Waals surface area contributed by atoms with E-state index in [2.05, 4.69) is 25.1 Å². The molecule has 1 saturated heterocycles. The monoisotopic (exact) mass is 472 g/mol. The van der Waals surface area contributed by atoms with Gasteiger partial charge in [-0.3, -0.25) is 0 Å². The average molecular weight is 473 g/mol. The largest absolute Gasteiger partial charge is 0.482 e. The average Bonchev–Trinajstić information content (AvgIpc) is 2.78. The van der Waals surface area contributed by atoms with E-state index in [9.17, 15) is 20.4 Å². The van der Waals surface area contributed by atoms with Crippen LogP contribution in [0.15, 0.2) is 30.3 Å². The minimum atomic E-state index is -1.51. The molecule has 2 aromatic rings. The van der Waals surface area contributed by atoms with Crippen LogP contribution in [0.2, 0.25) is 0 Å². The van der Waals surface area contributed by atoms with E-state index in [0.717, 1.165) is 53.5 Å². The van der Waals surface area contributed by atoms with Crippen LogP contribution in [0, 0.1) is 6.92 Å². The molecule has 0 bridgehead atoms. The van der Waals surface area contributed by atoms with E-state index in [1.165, 1.54) is 0 Å². The van der Waals surface area contributed by atoms with E-state index in [-0.39, 0.29) is 0 Å². The molecule has 186 valence electrons. The molecular formula is C27H36O7. The fraction of sp³-hybridized carbons (Fsp3) is 0.556. The highest BCUT2D eigenvalue weighted by Gasteiger charge is 2.45. The molecule has 0 aromatic heterocycles. The van der Waals surface area contributed by atoms with Gasteiger partial charge in [-0.1, -0.05) is 43.5 Å². The molecule has 2 aliphatic rings. The zero-order valence-electron chi connectivity index (χ0n) is 20.3. The number of hydrogen-bond acceptors (Lipinski definition) is 7. The molecule has 2 aliphatic heterocycles. The summed E-state index contributed by atoms with van der Waals surface area (Å²) in [4.78, 5) is 0. The Morgan fingerprint density at radius 3 is 2.47 bits per heavy atom. The third kappa shape index (κ3) is 4.68. The number of hydrogen-bond donors (Lipinski definition) is 4. The van der Waals surface area contributed by atoms with Gasteiger partial charge in [0.15, 0.2) is 0 Å². The van der Waals surface area contributed by atoms with Crippen molar-refractivity contribution in [3.05, 3.63) is 47.0 Å². The smallest absolute Gasteiger partial charge is 0.229 e. The lowest BCUT2D eigenvalue weighted by Crippen LogP contribution is -2.60. The van der Waals surface area contributed by atoms with Crippen LogP contribution < -0.4 is 9.47 Å². The minimum absolute atomic E-state index is 0.468. The summed E-state index contributed by atoms with van der Waals surface area (Å²) < 4.78 is 18.3. The Hall–Kier alpha value is -2.16. The first-order valence-corrected chi connectivity index (χ1v) is 12.1. The highest BCUT2D eigenvalue weighted by atomic mass is 16.7. The van der Waals surface area contributed by atoms with Gasteiger partial charge in [0.1, 0.15) is 41.5 Å². The lowest BCUT2D eigenvalue weighted by molar-refractivity contribution is -0.277. The van der Waals surface area contributed by atoms with Crippen molar-refractivity contribution < 1.29 is 34.6 Å². The number of ether oxygens (including phenoxy) is 3.